The number of carboxylic acid groups (broad SMARTS) is 1. The van der Waals surface area contributed by atoms with Gasteiger partial charge in [0.15, 0.2) is 0 Å². The number of hydrogen-bond donors (Lipinski definition) is 2. The molecule has 0 radical (unpaired) electrons. The van der Waals surface area contributed by atoms with Crippen molar-refractivity contribution >= 4 is 5.97 Å². The predicted molar refractivity (Wildman–Crippen MR) is 91.5 cm³/mol. The Morgan fingerprint density at radius 2 is 2.17 bits per heavy atom. The van der Waals surface area contributed by atoms with Gasteiger partial charge in [-0.05, 0) is 67.1 Å². The highest BCUT2D eigenvalue weighted by atomic mass is 16.4. The highest BCUT2D eigenvalue weighted by molar-refractivity contribution is 5.88. The summed E-state index contributed by atoms with van der Waals surface area (Å²) in [6.45, 7) is 6.66. The lowest BCUT2D eigenvalue weighted by atomic mass is 9.46. The van der Waals surface area contributed by atoms with Gasteiger partial charge in [0.05, 0.1) is 18.6 Å². The van der Waals surface area contributed by atoms with Crippen LogP contribution in [0.15, 0.2) is 34.7 Å². The maximum atomic E-state index is 11.8. The molecule has 5 atom stereocenters. The number of rotatable bonds is 4. The number of hydrogen-bond acceptors (Lipinski definition) is 3. The van der Waals surface area contributed by atoms with Crippen molar-refractivity contribution in [1.29, 1.82) is 0 Å². The molecule has 4 heteroatoms. The summed E-state index contributed by atoms with van der Waals surface area (Å²) in [5.41, 5.74) is 1.23. The molecular formula is C20H28O4. The van der Waals surface area contributed by atoms with E-state index in [0.717, 1.165) is 25.7 Å². The van der Waals surface area contributed by atoms with Crippen LogP contribution in [0.25, 0.3) is 0 Å². The lowest BCUT2D eigenvalue weighted by molar-refractivity contribution is -0.138. The van der Waals surface area contributed by atoms with Crippen molar-refractivity contribution in [1.82, 2.24) is 0 Å². The fraction of sp³-hybridized carbons (Fsp3) is 0.650. The Balaban J connectivity index is 1.93. The topological polar surface area (TPSA) is 70.7 Å². The minimum atomic E-state index is -0.881. The molecule has 0 aromatic carbocycles. The molecular weight excluding hydrogens is 304 g/mol. The van der Waals surface area contributed by atoms with E-state index in [1.807, 2.05) is 6.07 Å². The first-order chi connectivity index (χ1) is 11.3. The van der Waals surface area contributed by atoms with Gasteiger partial charge in [0.25, 0.3) is 0 Å². The van der Waals surface area contributed by atoms with Crippen molar-refractivity contribution in [2.24, 2.45) is 22.7 Å². The second-order valence-electron chi connectivity index (χ2n) is 8.24. The molecule has 0 spiro atoms. The highest BCUT2D eigenvalue weighted by Crippen LogP contribution is 2.61. The normalized spacial score (nSPS) is 39.2. The van der Waals surface area contributed by atoms with E-state index in [-0.39, 0.29) is 16.7 Å². The smallest absolute Gasteiger partial charge is 0.331 e. The molecule has 0 aliphatic heterocycles. The molecule has 4 nitrogen and oxygen atoms in total. The van der Waals surface area contributed by atoms with E-state index in [9.17, 15) is 15.0 Å². The van der Waals surface area contributed by atoms with Crippen molar-refractivity contribution in [3.8, 4) is 0 Å². The first-order valence-corrected chi connectivity index (χ1v) is 8.92. The molecule has 2 N–H and O–H groups in total. The lowest BCUT2D eigenvalue weighted by Crippen LogP contribution is -2.53. The van der Waals surface area contributed by atoms with Gasteiger partial charge in [-0.2, -0.15) is 0 Å². The maximum Gasteiger partial charge on any atom is 0.331 e. The average Bonchev–Trinajstić information content (AvgIpc) is 3.04. The number of fused-ring (bicyclic) bond motifs is 1. The zero-order chi connectivity index (χ0) is 17.5. The van der Waals surface area contributed by atoms with Crippen LogP contribution in [0.1, 0.15) is 52.0 Å². The summed E-state index contributed by atoms with van der Waals surface area (Å²) >= 11 is 0. The first kappa shape index (κ1) is 17.3. The summed E-state index contributed by atoms with van der Waals surface area (Å²) in [6.07, 6.45) is 8.86. The van der Waals surface area contributed by atoms with Crippen LogP contribution >= 0.6 is 0 Å². The average molecular weight is 332 g/mol. The van der Waals surface area contributed by atoms with E-state index in [2.05, 4.69) is 20.8 Å². The fourth-order valence-corrected chi connectivity index (χ4v) is 5.22. The second kappa shape index (κ2) is 6.07. The van der Waals surface area contributed by atoms with Crippen LogP contribution < -0.4 is 0 Å². The highest BCUT2D eigenvalue weighted by Gasteiger charge is 2.56. The van der Waals surface area contributed by atoms with Gasteiger partial charge >= 0.3 is 5.97 Å². The number of carbonyl (C=O) groups is 1. The standard InChI is InChI=1S/C20H28O4/c1-13-4-7-20(3)16(18(22)23)10-15(21)11-17(20)19(13,2)8-5-14-6-9-24-12-14/h6,9-10,12-13,15,17,21H,4-5,7-8,11H2,1-3H3,(H,22,23)/t13-,15+,17-,19+,20+/m0/s1. The maximum absolute atomic E-state index is 11.8. The summed E-state index contributed by atoms with van der Waals surface area (Å²) in [5, 5.41) is 20.0. The van der Waals surface area contributed by atoms with Crippen LogP contribution in [0.5, 0.6) is 0 Å². The van der Waals surface area contributed by atoms with E-state index >= 15 is 0 Å². The number of aliphatic carboxylic acids is 1. The van der Waals surface area contributed by atoms with Crippen molar-refractivity contribution in [3.63, 3.8) is 0 Å². The van der Waals surface area contributed by atoms with Gasteiger partial charge in [-0.3, -0.25) is 0 Å². The van der Waals surface area contributed by atoms with Crippen LogP contribution in [0.3, 0.4) is 0 Å². The Labute approximate surface area is 143 Å². The van der Waals surface area contributed by atoms with E-state index in [4.69, 9.17) is 4.42 Å². The minimum Gasteiger partial charge on any atom is -0.478 e. The quantitative estimate of drug-likeness (QED) is 0.873. The van der Waals surface area contributed by atoms with E-state index in [1.165, 1.54) is 5.56 Å². The molecule has 24 heavy (non-hydrogen) atoms. The molecule has 1 aromatic rings. The third-order valence-electron chi connectivity index (χ3n) is 7.00. The molecule has 2 aliphatic rings. The summed E-state index contributed by atoms with van der Waals surface area (Å²) in [6, 6.07) is 1.99. The largest absolute Gasteiger partial charge is 0.478 e. The van der Waals surface area contributed by atoms with Crippen LogP contribution in [-0.2, 0) is 11.2 Å². The summed E-state index contributed by atoms with van der Waals surface area (Å²) in [7, 11) is 0. The molecule has 0 amide bonds. The van der Waals surface area contributed by atoms with Gasteiger partial charge in [-0.25, -0.2) is 4.79 Å². The van der Waals surface area contributed by atoms with Crippen molar-refractivity contribution in [2.45, 2.75) is 59.0 Å². The third-order valence-corrected chi connectivity index (χ3v) is 7.00. The number of aryl methyl sites for hydroxylation is 1. The van der Waals surface area contributed by atoms with E-state index < -0.39 is 12.1 Å². The van der Waals surface area contributed by atoms with Gasteiger partial charge in [-0.1, -0.05) is 20.8 Å². The predicted octanol–water partition coefficient (Wildman–Crippen LogP) is 4.05. The van der Waals surface area contributed by atoms with Crippen LogP contribution in [0, 0.1) is 22.7 Å². The van der Waals surface area contributed by atoms with Crippen LogP contribution in [0.2, 0.25) is 0 Å². The fourth-order valence-electron chi connectivity index (χ4n) is 5.22. The molecule has 1 aromatic heterocycles. The van der Waals surface area contributed by atoms with Gasteiger partial charge in [0.2, 0.25) is 0 Å². The van der Waals surface area contributed by atoms with Gasteiger partial charge in [0, 0.05) is 11.0 Å². The van der Waals surface area contributed by atoms with Gasteiger partial charge in [-0.15, -0.1) is 0 Å². The van der Waals surface area contributed by atoms with Crippen molar-refractivity contribution in [3.05, 3.63) is 35.8 Å². The van der Waals surface area contributed by atoms with Gasteiger partial charge in [0.1, 0.15) is 0 Å². The Morgan fingerprint density at radius 3 is 2.79 bits per heavy atom. The Bertz CT molecular complexity index is 632. The molecule has 1 heterocycles. The molecule has 1 fully saturated rings. The lowest BCUT2D eigenvalue weighted by Gasteiger charge is -2.58. The summed E-state index contributed by atoms with van der Waals surface area (Å²) in [5.74, 6) is -0.206. The number of aliphatic hydroxyl groups is 1. The number of aliphatic hydroxyl groups excluding tert-OH is 1. The van der Waals surface area contributed by atoms with Crippen molar-refractivity contribution in [2.75, 3.05) is 0 Å². The number of carboxylic acids is 1. The van der Waals surface area contributed by atoms with Crippen molar-refractivity contribution < 1.29 is 19.4 Å². The molecule has 0 unspecified atom stereocenters. The number of furan rings is 1. The first-order valence-electron chi connectivity index (χ1n) is 8.92. The summed E-state index contributed by atoms with van der Waals surface area (Å²) in [4.78, 5) is 11.8. The molecule has 0 saturated heterocycles. The van der Waals surface area contributed by atoms with Crippen LogP contribution in [-0.4, -0.2) is 22.3 Å². The Kier molecular flexibility index (Phi) is 4.37. The molecule has 2 aliphatic carbocycles. The zero-order valence-corrected chi connectivity index (χ0v) is 14.8. The Morgan fingerprint density at radius 1 is 1.42 bits per heavy atom. The molecule has 132 valence electrons. The summed E-state index contributed by atoms with van der Waals surface area (Å²) < 4.78 is 5.18. The van der Waals surface area contributed by atoms with E-state index in [1.54, 1.807) is 18.6 Å². The third kappa shape index (κ3) is 2.71. The van der Waals surface area contributed by atoms with E-state index in [0.29, 0.717) is 17.9 Å². The minimum absolute atomic E-state index is 0.000208. The monoisotopic (exact) mass is 332 g/mol. The molecule has 1 saturated carbocycles. The van der Waals surface area contributed by atoms with Crippen LogP contribution in [0.4, 0.5) is 0 Å². The molecule has 0 bridgehead atoms. The SMILES string of the molecule is C[C@H]1CC[C@]2(C)C(C(=O)O)=C[C@@H](O)C[C@H]2[C@]1(C)CCc1ccoc1. The molecule has 3 rings (SSSR count). The second-order valence-corrected chi connectivity index (χ2v) is 8.24. The zero-order valence-electron chi connectivity index (χ0n) is 14.8. The van der Waals surface area contributed by atoms with Gasteiger partial charge < -0.3 is 14.6 Å². The Hall–Kier alpha value is -1.55.